The molecule has 0 unspecified atom stereocenters. The quantitative estimate of drug-likeness (QED) is 0.0282. The Kier molecular flexibility index (Phi) is 22.6. The molecule has 3 aromatic carbocycles. The summed E-state index contributed by atoms with van der Waals surface area (Å²) in [5.74, 6) is -8.68. The van der Waals surface area contributed by atoms with E-state index in [0.717, 1.165) is 15.8 Å². The minimum atomic E-state index is -1.68. The summed E-state index contributed by atoms with van der Waals surface area (Å²) in [6, 6.07) is 11.0. The number of fused-ring (bicyclic) bond motifs is 1. The number of aliphatic hydroxyl groups is 2. The van der Waals surface area contributed by atoms with E-state index in [1.807, 2.05) is 12.1 Å². The van der Waals surface area contributed by atoms with E-state index in [2.05, 4.69) is 52.8 Å². The number of phenolic OH excluding ortho intramolecular Hbond substituents is 1. The molecule has 446 valence electrons. The number of hydrogen-bond acceptors (Lipinski definition) is 14. The van der Waals surface area contributed by atoms with Crippen LogP contribution in [0.3, 0.4) is 0 Å². The van der Waals surface area contributed by atoms with Crippen molar-refractivity contribution in [2.45, 2.75) is 140 Å². The van der Waals surface area contributed by atoms with Gasteiger partial charge in [-0.15, -0.1) is 0 Å². The molecule has 10 atom stereocenters. The maximum atomic E-state index is 14.3. The van der Waals surface area contributed by atoms with Gasteiger partial charge >= 0.3 is 0 Å². The van der Waals surface area contributed by atoms with Crippen molar-refractivity contribution in [1.29, 1.82) is 0 Å². The van der Waals surface area contributed by atoms with Crippen LogP contribution in [0.4, 0.5) is 0 Å². The number of H-pyrrole nitrogens is 1. The molecule has 2 aliphatic rings. The first kappa shape index (κ1) is 63.3. The average molecular weight is 1150 g/mol. The number of aromatic nitrogens is 1. The van der Waals surface area contributed by atoms with Crippen molar-refractivity contribution < 1.29 is 68.1 Å². The maximum absolute atomic E-state index is 14.3. The Hall–Kier alpha value is -8.91. The molecule has 0 saturated carbocycles. The van der Waals surface area contributed by atoms with E-state index in [1.165, 1.54) is 26.0 Å². The van der Waals surface area contributed by atoms with Crippen LogP contribution in [-0.2, 0) is 72.0 Å². The zero-order chi connectivity index (χ0) is 60.5. The Balaban J connectivity index is 1.09. The number of aromatic amines is 1. The van der Waals surface area contributed by atoms with Crippen LogP contribution in [0.2, 0.25) is 0 Å². The lowest BCUT2D eigenvalue weighted by Crippen LogP contribution is -2.63. The molecule has 3 heterocycles. The van der Waals surface area contributed by atoms with E-state index in [9.17, 15) is 68.1 Å². The Morgan fingerprint density at radius 1 is 0.627 bits per heavy atom. The van der Waals surface area contributed by atoms with E-state index in [-0.39, 0.29) is 69.1 Å². The molecular formula is C57H74N12O14. The highest BCUT2D eigenvalue weighted by Crippen LogP contribution is 2.22. The van der Waals surface area contributed by atoms with Gasteiger partial charge in [0, 0.05) is 49.3 Å². The van der Waals surface area contributed by atoms with Gasteiger partial charge < -0.3 is 78.8 Å². The van der Waals surface area contributed by atoms with Gasteiger partial charge in [-0.2, -0.15) is 0 Å². The number of aromatic hydroxyl groups is 1. The largest absolute Gasteiger partial charge is 0.508 e. The molecule has 2 aliphatic heterocycles. The second-order valence-corrected chi connectivity index (χ2v) is 21.3. The van der Waals surface area contributed by atoms with Gasteiger partial charge in [0.2, 0.25) is 65.0 Å². The molecule has 0 radical (unpaired) electrons. The third-order valence-electron chi connectivity index (χ3n) is 14.2. The molecule has 2 saturated heterocycles. The second kappa shape index (κ2) is 29.7. The van der Waals surface area contributed by atoms with Crippen molar-refractivity contribution in [2.24, 2.45) is 11.7 Å². The van der Waals surface area contributed by atoms with Crippen LogP contribution in [0.25, 0.3) is 10.9 Å². The van der Waals surface area contributed by atoms with Crippen molar-refractivity contribution in [3.8, 4) is 5.75 Å². The number of nitrogens with zero attached hydrogens (tertiary/aromatic N) is 1. The Morgan fingerprint density at radius 2 is 1.22 bits per heavy atom. The molecule has 4 aromatic rings. The number of nitrogens with one attached hydrogen (secondary N) is 10. The van der Waals surface area contributed by atoms with Crippen LogP contribution in [0.15, 0.2) is 85.1 Å². The Bertz CT molecular complexity index is 2990. The molecule has 6 rings (SSSR count). The zero-order valence-electron chi connectivity index (χ0n) is 46.6. The summed E-state index contributed by atoms with van der Waals surface area (Å²) in [6.45, 7) is 4.80. The smallest absolute Gasteiger partial charge is 0.248 e. The van der Waals surface area contributed by atoms with E-state index < -0.39 is 133 Å². The maximum Gasteiger partial charge on any atom is 0.248 e. The van der Waals surface area contributed by atoms with Crippen LogP contribution >= 0.6 is 0 Å². The summed E-state index contributed by atoms with van der Waals surface area (Å²) in [5, 5.41) is 55.0. The van der Waals surface area contributed by atoms with Gasteiger partial charge in [-0.1, -0.05) is 74.5 Å². The van der Waals surface area contributed by atoms with Gasteiger partial charge in [0.15, 0.2) is 0 Å². The predicted molar refractivity (Wildman–Crippen MR) is 299 cm³/mol. The lowest BCUT2D eigenvalue weighted by Gasteiger charge is -2.31. The first-order valence-corrected chi connectivity index (χ1v) is 27.5. The number of phenols is 1. The topological polar surface area (TPSA) is 402 Å². The number of carbonyl (C=O) groups is 11. The van der Waals surface area contributed by atoms with Crippen LogP contribution in [0.5, 0.6) is 5.75 Å². The summed E-state index contributed by atoms with van der Waals surface area (Å²) in [7, 11) is 0. The van der Waals surface area contributed by atoms with E-state index in [4.69, 9.17) is 5.73 Å². The van der Waals surface area contributed by atoms with Gasteiger partial charge in [-0.3, -0.25) is 52.7 Å². The average Bonchev–Trinajstić information content (AvgIpc) is 4.29. The summed E-state index contributed by atoms with van der Waals surface area (Å²) in [4.78, 5) is 152. The third kappa shape index (κ3) is 18.3. The lowest BCUT2D eigenvalue weighted by molar-refractivity contribution is -0.144. The van der Waals surface area contributed by atoms with Crippen molar-refractivity contribution in [3.63, 3.8) is 0 Å². The molecule has 0 bridgehead atoms. The number of likely N-dealkylation sites (tertiary alicyclic amines) is 1. The number of nitrogens with two attached hydrogens (primary N) is 1. The summed E-state index contributed by atoms with van der Waals surface area (Å²) in [6.07, 6.45) is -0.767. The van der Waals surface area contributed by atoms with Gasteiger partial charge in [0.05, 0.1) is 25.3 Å². The number of benzene rings is 3. The highest BCUT2D eigenvalue weighted by molar-refractivity contribution is 5.99. The monoisotopic (exact) mass is 1150 g/mol. The number of amides is 11. The Labute approximate surface area is 478 Å². The highest BCUT2D eigenvalue weighted by Gasteiger charge is 2.41. The predicted octanol–water partition coefficient (Wildman–Crippen LogP) is -2.39. The standard InChI is InChI=1S/C57H74N12O14/c1-30(2)23-41(65-52(78)39-20-21-45(73)62-39)53(79)67-48(31(3)70)56(82)66-42(25-33-11-6-5-7-12-33)54(80)68-49(32(4)71)57(83)69-22-10-15-44(69)55(81)61-29-47(75)64-43(26-35-27-59-38-14-9-8-13-37(35)38)51(77)60-28-46(74)63-40(50(58)76)24-34-16-18-36(72)19-17-34/h5-9,11-14,16-19,27,30-32,39-44,48-49,59,70-72H,10,15,20-26,28-29H2,1-4H3,(H2,58,76)(H,60,77)(H,61,81)(H,62,73)(H,63,74)(H,64,75)(H,65,78)(H,66,82)(H,67,79)(H,68,80)/t31-,32-,39+,40+,41+,42+,43+,44+,48+,49+/m1/s1. The van der Waals surface area contributed by atoms with E-state index in [1.54, 1.807) is 74.6 Å². The highest BCUT2D eigenvalue weighted by atomic mass is 16.3. The minimum absolute atomic E-state index is 0.00155. The molecule has 83 heavy (non-hydrogen) atoms. The first-order chi connectivity index (χ1) is 39.5. The van der Waals surface area contributed by atoms with Gasteiger partial charge in [-0.05, 0) is 80.3 Å². The number of carbonyl (C=O) groups excluding carboxylic acids is 11. The number of primary amides is 1. The van der Waals surface area contributed by atoms with E-state index >= 15 is 0 Å². The van der Waals surface area contributed by atoms with Gasteiger partial charge in [0.25, 0.3) is 0 Å². The van der Waals surface area contributed by atoms with Crippen LogP contribution < -0.4 is 53.6 Å². The van der Waals surface area contributed by atoms with Crippen LogP contribution in [0, 0.1) is 5.92 Å². The molecule has 1 aromatic heterocycles. The molecule has 15 N–H and O–H groups in total. The van der Waals surface area contributed by atoms with Crippen molar-refractivity contribution in [3.05, 3.63) is 102 Å². The normalized spacial score (nSPS) is 17.7. The minimum Gasteiger partial charge on any atom is -0.508 e. The fourth-order valence-electron chi connectivity index (χ4n) is 9.78. The molecule has 26 heteroatoms. The number of rotatable bonds is 28. The van der Waals surface area contributed by atoms with Crippen LogP contribution in [0.1, 0.15) is 76.5 Å². The van der Waals surface area contributed by atoms with Crippen molar-refractivity contribution in [2.75, 3.05) is 19.6 Å². The molecule has 0 spiro atoms. The molecule has 0 aliphatic carbocycles. The lowest BCUT2D eigenvalue weighted by atomic mass is 10.0. The third-order valence-corrected chi connectivity index (χ3v) is 14.2. The molecule has 26 nitrogen and oxygen atoms in total. The van der Waals surface area contributed by atoms with Crippen molar-refractivity contribution >= 4 is 75.9 Å². The summed E-state index contributed by atoms with van der Waals surface area (Å²) >= 11 is 0. The van der Waals surface area contributed by atoms with Crippen LogP contribution in [-0.4, -0.2) is 170 Å². The molecular weight excluding hydrogens is 1080 g/mol. The molecule has 2 fully saturated rings. The molecule has 11 amide bonds. The number of aliphatic hydroxyl groups excluding tert-OH is 2. The fourth-order valence-corrected chi connectivity index (χ4v) is 9.78. The van der Waals surface area contributed by atoms with Gasteiger partial charge in [0.1, 0.15) is 54.1 Å². The number of hydrogen-bond donors (Lipinski definition) is 14. The summed E-state index contributed by atoms with van der Waals surface area (Å²) in [5.41, 5.74) is 8.06. The SMILES string of the molecule is CC(C)C[C@H](NC(=O)[C@@H]1CCC(=O)N1)C(=O)N[C@H](C(=O)N[C@@H](Cc1ccccc1)C(=O)N[C@H](C(=O)N1CCC[C@H]1C(=O)NCC(=O)N[C@@H](Cc1c[nH]c2ccccc12)C(=O)NCC(=O)N[C@@H](Cc1ccc(O)cc1)C(N)=O)[C@@H](C)O)[C@@H](C)O. The van der Waals surface area contributed by atoms with Gasteiger partial charge in [-0.25, -0.2) is 0 Å². The zero-order valence-corrected chi connectivity index (χ0v) is 46.6. The summed E-state index contributed by atoms with van der Waals surface area (Å²) < 4.78 is 0. The van der Waals surface area contributed by atoms with Crippen molar-refractivity contribution in [1.82, 2.24) is 57.7 Å². The Morgan fingerprint density at radius 3 is 1.86 bits per heavy atom. The fraction of sp³-hybridized carbons (Fsp3) is 0.456. The van der Waals surface area contributed by atoms with E-state index in [0.29, 0.717) is 23.1 Å². The number of para-hydroxylation sites is 1. The first-order valence-electron chi connectivity index (χ1n) is 27.5. The second-order valence-electron chi connectivity index (χ2n) is 21.3.